The molecule has 2 unspecified atom stereocenters. The maximum absolute atomic E-state index is 12.0. The Hall–Kier alpha value is -0.870. The average Bonchev–Trinajstić information content (AvgIpc) is 2.24. The van der Waals surface area contributed by atoms with Crippen LogP contribution in [-0.4, -0.2) is 45.1 Å². The van der Waals surface area contributed by atoms with Crippen LogP contribution in [0, 0.1) is 0 Å². The number of ether oxygens (including phenoxy) is 2. The zero-order valence-electron chi connectivity index (χ0n) is 9.89. The summed E-state index contributed by atoms with van der Waals surface area (Å²) >= 11 is 0. The van der Waals surface area contributed by atoms with Crippen molar-refractivity contribution in [2.75, 3.05) is 27.5 Å². The summed E-state index contributed by atoms with van der Waals surface area (Å²) in [6, 6.07) is 0. The molecule has 0 spiro atoms. The molecule has 0 rings (SSSR count). The van der Waals surface area contributed by atoms with Crippen LogP contribution in [0.4, 0.5) is 0 Å². The van der Waals surface area contributed by atoms with E-state index in [4.69, 9.17) is 4.52 Å². The summed E-state index contributed by atoms with van der Waals surface area (Å²) in [6.07, 6.45) is -0.309. The van der Waals surface area contributed by atoms with Gasteiger partial charge in [-0.25, -0.2) is 0 Å². The smallest absolute Gasteiger partial charge is 0.319 e. The van der Waals surface area contributed by atoms with Crippen LogP contribution in [0.3, 0.4) is 0 Å². The first-order valence-corrected chi connectivity index (χ1v) is 6.89. The molecule has 0 fully saturated rings. The SMILES string of the molecule is CCOP(C)(=O)C(CC(=O)OC)C(=O)OC. The van der Waals surface area contributed by atoms with Crippen molar-refractivity contribution in [3.8, 4) is 0 Å². The van der Waals surface area contributed by atoms with Crippen LogP contribution in [0.5, 0.6) is 0 Å². The van der Waals surface area contributed by atoms with Crippen molar-refractivity contribution in [1.82, 2.24) is 0 Å². The Labute approximate surface area is 94.7 Å². The molecular formula is C9H17O6P. The zero-order valence-corrected chi connectivity index (χ0v) is 10.8. The van der Waals surface area contributed by atoms with Gasteiger partial charge in [-0.3, -0.25) is 14.2 Å². The molecule has 0 aromatic rings. The fourth-order valence-electron chi connectivity index (χ4n) is 1.16. The van der Waals surface area contributed by atoms with Gasteiger partial charge in [0.2, 0.25) is 7.37 Å². The first-order valence-electron chi connectivity index (χ1n) is 4.75. The van der Waals surface area contributed by atoms with Crippen molar-refractivity contribution in [3.05, 3.63) is 0 Å². The summed E-state index contributed by atoms with van der Waals surface area (Å²) in [5.41, 5.74) is -1.11. The van der Waals surface area contributed by atoms with Gasteiger partial charge in [0.05, 0.1) is 27.2 Å². The number of carbonyl (C=O) groups excluding carboxylic acids is 2. The minimum Gasteiger partial charge on any atom is -0.469 e. The molecule has 2 atom stereocenters. The summed E-state index contributed by atoms with van der Waals surface area (Å²) < 4.78 is 26.0. The average molecular weight is 252 g/mol. The van der Waals surface area contributed by atoms with Crippen molar-refractivity contribution in [3.63, 3.8) is 0 Å². The maximum atomic E-state index is 12.0. The Bertz CT molecular complexity index is 300. The zero-order chi connectivity index (χ0) is 12.8. The molecule has 0 heterocycles. The van der Waals surface area contributed by atoms with Crippen LogP contribution in [0.2, 0.25) is 0 Å². The first kappa shape index (κ1) is 15.1. The van der Waals surface area contributed by atoms with E-state index in [0.717, 1.165) is 0 Å². The second-order valence-electron chi connectivity index (χ2n) is 3.15. The number of esters is 2. The van der Waals surface area contributed by atoms with Crippen molar-refractivity contribution < 1.29 is 28.2 Å². The largest absolute Gasteiger partial charge is 0.469 e. The Morgan fingerprint density at radius 2 is 1.81 bits per heavy atom. The first-order chi connectivity index (χ1) is 7.38. The van der Waals surface area contributed by atoms with E-state index in [1.807, 2.05) is 0 Å². The van der Waals surface area contributed by atoms with Crippen molar-refractivity contribution >= 4 is 19.3 Å². The number of carbonyl (C=O) groups is 2. The van der Waals surface area contributed by atoms with Crippen LogP contribution in [0.25, 0.3) is 0 Å². The fourth-order valence-corrected chi connectivity index (χ4v) is 2.83. The summed E-state index contributed by atoms with van der Waals surface area (Å²) in [7, 11) is -0.860. The maximum Gasteiger partial charge on any atom is 0.319 e. The number of hydrogen-bond donors (Lipinski definition) is 0. The molecular weight excluding hydrogens is 235 g/mol. The molecule has 0 aliphatic carbocycles. The molecule has 0 aromatic carbocycles. The molecule has 0 aromatic heterocycles. The molecule has 0 saturated carbocycles. The molecule has 94 valence electrons. The van der Waals surface area contributed by atoms with Crippen molar-refractivity contribution in [2.24, 2.45) is 0 Å². The van der Waals surface area contributed by atoms with Gasteiger partial charge in [0.15, 0.2) is 0 Å². The van der Waals surface area contributed by atoms with Crippen LogP contribution in [0.1, 0.15) is 13.3 Å². The van der Waals surface area contributed by atoms with Gasteiger partial charge in [-0.1, -0.05) is 0 Å². The summed E-state index contributed by atoms with van der Waals surface area (Å²) in [5.74, 6) is -1.36. The van der Waals surface area contributed by atoms with Gasteiger partial charge in [-0.15, -0.1) is 0 Å². The van der Waals surface area contributed by atoms with E-state index < -0.39 is 25.0 Å². The van der Waals surface area contributed by atoms with E-state index in [0.29, 0.717) is 0 Å². The Morgan fingerprint density at radius 3 is 2.19 bits per heavy atom. The number of rotatable bonds is 6. The van der Waals surface area contributed by atoms with E-state index in [1.165, 1.54) is 20.9 Å². The second-order valence-corrected chi connectivity index (χ2v) is 5.84. The van der Waals surface area contributed by atoms with Crippen molar-refractivity contribution in [1.29, 1.82) is 0 Å². The fraction of sp³-hybridized carbons (Fsp3) is 0.778. The Balaban J connectivity index is 4.86. The molecule has 7 heteroatoms. The molecule has 0 aliphatic heterocycles. The second kappa shape index (κ2) is 6.66. The van der Waals surface area contributed by atoms with Gasteiger partial charge >= 0.3 is 11.9 Å². The van der Waals surface area contributed by atoms with Gasteiger partial charge in [-0.05, 0) is 6.92 Å². The number of hydrogen-bond acceptors (Lipinski definition) is 6. The van der Waals surface area contributed by atoms with Crippen LogP contribution in [-0.2, 0) is 28.2 Å². The highest BCUT2D eigenvalue weighted by molar-refractivity contribution is 7.60. The summed E-state index contributed by atoms with van der Waals surface area (Å²) in [5, 5.41) is 0. The third-order valence-corrected chi connectivity index (χ3v) is 4.31. The molecule has 6 nitrogen and oxygen atoms in total. The standard InChI is InChI=1S/C9H17O6P/c1-5-15-16(4,12)7(9(11)14-3)6-8(10)13-2/h7H,5-6H2,1-4H3. The highest BCUT2D eigenvalue weighted by Gasteiger charge is 2.38. The lowest BCUT2D eigenvalue weighted by Crippen LogP contribution is -2.26. The van der Waals surface area contributed by atoms with E-state index in [-0.39, 0.29) is 13.0 Å². The number of methoxy groups -OCH3 is 2. The Kier molecular flexibility index (Phi) is 6.29. The third kappa shape index (κ3) is 4.33. The highest BCUT2D eigenvalue weighted by atomic mass is 31.2. The van der Waals surface area contributed by atoms with Gasteiger partial charge in [0.25, 0.3) is 0 Å². The van der Waals surface area contributed by atoms with Crippen LogP contribution < -0.4 is 0 Å². The topological polar surface area (TPSA) is 78.9 Å². The monoisotopic (exact) mass is 252 g/mol. The molecule has 16 heavy (non-hydrogen) atoms. The lowest BCUT2D eigenvalue weighted by molar-refractivity contribution is -0.147. The van der Waals surface area contributed by atoms with Crippen LogP contribution in [0.15, 0.2) is 0 Å². The minimum absolute atomic E-state index is 0.197. The van der Waals surface area contributed by atoms with E-state index in [1.54, 1.807) is 6.92 Å². The van der Waals surface area contributed by atoms with Gasteiger partial charge in [0, 0.05) is 6.66 Å². The van der Waals surface area contributed by atoms with E-state index >= 15 is 0 Å². The predicted molar refractivity (Wildman–Crippen MR) is 57.6 cm³/mol. The van der Waals surface area contributed by atoms with E-state index in [9.17, 15) is 14.2 Å². The van der Waals surface area contributed by atoms with Gasteiger partial charge < -0.3 is 14.0 Å². The highest BCUT2D eigenvalue weighted by Crippen LogP contribution is 2.49. The predicted octanol–water partition coefficient (Wildman–Crippen LogP) is 1.04. The quantitative estimate of drug-likeness (QED) is 0.519. The van der Waals surface area contributed by atoms with E-state index in [2.05, 4.69) is 9.47 Å². The minimum atomic E-state index is -3.22. The van der Waals surface area contributed by atoms with Gasteiger partial charge in [-0.2, -0.15) is 0 Å². The summed E-state index contributed by atoms with van der Waals surface area (Å²) in [4.78, 5) is 22.5. The molecule has 0 bridgehead atoms. The van der Waals surface area contributed by atoms with Crippen molar-refractivity contribution in [2.45, 2.75) is 19.0 Å². The molecule has 0 amide bonds. The normalized spacial score (nSPS) is 16.0. The molecule has 0 saturated heterocycles. The Morgan fingerprint density at radius 1 is 1.25 bits per heavy atom. The molecule has 0 aliphatic rings. The molecule has 0 N–H and O–H groups in total. The van der Waals surface area contributed by atoms with Gasteiger partial charge in [0.1, 0.15) is 5.66 Å². The lowest BCUT2D eigenvalue weighted by atomic mass is 10.3. The molecule has 0 radical (unpaired) electrons. The third-order valence-electron chi connectivity index (χ3n) is 2.01. The lowest BCUT2D eigenvalue weighted by Gasteiger charge is -2.20. The van der Waals surface area contributed by atoms with Crippen LogP contribution >= 0.6 is 7.37 Å². The summed E-state index contributed by atoms with van der Waals surface area (Å²) in [6.45, 7) is 3.16.